The maximum absolute atomic E-state index is 13.2. The number of rotatable bonds is 3. The topological polar surface area (TPSA) is 55.1 Å². The van der Waals surface area contributed by atoms with Crippen LogP contribution in [0.3, 0.4) is 0 Å². The highest BCUT2D eigenvalue weighted by molar-refractivity contribution is 5.88. The molecule has 2 rings (SSSR count). The number of carboxylic acids is 1. The van der Waals surface area contributed by atoms with E-state index in [4.69, 9.17) is 5.11 Å². The molecule has 0 unspecified atom stereocenters. The molecule has 1 N–H and O–H groups in total. The summed E-state index contributed by atoms with van der Waals surface area (Å²) in [6, 6.07) is 1.52. The zero-order valence-electron chi connectivity index (χ0n) is 9.82. The number of halogens is 3. The van der Waals surface area contributed by atoms with E-state index in [-0.39, 0.29) is 16.9 Å². The summed E-state index contributed by atoms with van der Waals surface area (Å²) in [6.07, 6.45) is 1.38. The van der Waals surface area contributed by atoms with Crippen LogP contribution < -0.4 is 0 Å². The van der Waals surface area contributed by atoms with Crippen molar-refractivity contribution < 1.29 is 23.1 Å². The molecule has 4 nitrogen and oxygen atoms in total. The molecule has 0 aliphatic carbocycles. The van der Waals surface area contributed by atoms with Gasteiger partial charge in [0.05, 0.1) is 17.6 Å². The van der Waals surface area contributed by atoms with Gasteiger partial charge in [0.15, 0.2) is 17.5 Å². The van der Waals surface area contributed by atoms with Gasteiger partial charge in [-0.05, 0) is 6.42 Å². The fraction of sp³-hybridized carbons (Fsp3) is 0.167. The summed E-state index contributed by atoms with van der Waals surface area (Å²) >= 11 is 0. The van der Waals surface area contributed by atoms with Gasteiger partial charge in [0, 0.05) is 12.1 Å². The number of aromatic carboxylic acids is 1. The molecule has 0 spiro atoms. The summed E-state index contributed by atoms with van der Waals surface area (Å²) in [5.41, 5.74) is 0.145. The highest BCUT2D eigenvalue weighted by Crippen LogP contribution is 2.20. The van der Waals surface area contributed by atoms with Crippen LogP contribution in [0.25, 0.3) is 5.69 Å². The van der Waals surface area contributed by atoms with Crippen molar-refractivity contribution in [2.75, 3.05) is 0 Å². The molecule has 0 radical (unpaired) electrons. The van der Waals surface area contributed by atoms with Crippen molar-refractivity contribution in [2.24, 2.45) is 0 Å². The Labute approximate surface area is 106 Å². The van der Waals surface area contributed by atoms with Crippen molar-refractivity contribution in [2.45, 2.75) is 13.3 Å². The first kappa shape index (κ1) is 13.1. The molecule has 0 atom stereocenters. The van der Waals surface area contributed by atoms with Gasteiger partial charge >= 0.3 is 5.97 Å². The average Bonchev–Trinajstić information content (AvgIpc) is 2.79. The molecule has 0 bridgehead atoms. The van der Waals surface area contributed by atoms with Crippen molar-refractivity contribution in [3.05, 3.63) is 47.0 Å². The second-order valence-electron chi connectivity index (χ2n) is 3.80. The zero-order valence-corrected chi connectivity index (χ0v) is 9.82. The first-order valence-electron chi connectivity index (χ1n) is 5.40. The third kappa shape index (κ3) is 2.18. The molecule has 1 aromatic heterocycles. The quantitative estimate of drug-likeness (QED) is 0.872. The molecule has 100 valence electrons. The third-order valence-corrected chi connectivity index (χ3v) is 2.65. The van der Waals surface area contributed by atoms with Crippen molar-refractivity contribution in [3.8, 4) is 5.69 Å². The fourth-order valence-corrected chi connectivity index (χ4v) is 1.78. The average molecular weight is 270 g/mol. The van der Waals surface area contributed by atoms with E-state index in [0.717, 1.165) is 23.0 Å². The third-order valence-electron chi connectivity index (χ3n) is 2.65. The zero-order chi connectivity index (χ0) is 14.2. The van der Waals surface area contributed by atoms with E-state index < -0.39 is 23.4 Å². The molecule has 7 heteroatoms. The number of carbonyl (C=O) groups is 1. The molecule has 0 saturated heterocycles. The Balaban J connectivity index is 2.62. The van der Waals surface area contributed by atoms with E-state index >= 15 is 0 Å². The van der Waals surface area contributed by atoms with Gasteiger partial charge < -0.3 is 5.11 Å². The Hall–Kier alpha value is -2.31. The predicted molar refractivity (Wildman–Crippen MR) is 59.8 cm³/mol. The van der Waals surface area contributed by atoms with Gasteiger partial charge in [-0.3, -0.25) is 0 Å². The number of hydrogen-bond acceptors (Lipinski definition) is 2. The predicted octanol–water partition coefficient (Wildman–Crippen LogP) is 2.55. The molecule has 1 heterocycles. The largest absolute Gasteiger partial charge is 0.478 e. The summed E-state index contributed by atoms with van der Waals surface area (Å²) in [6.45, 7) is 1.68. The summed E-state index contributed by atoms with van der Waals surface area (Å²) in [4.78, 5) is 11.0. The normalized spacial score (nSPS) is 10.7. The van der Waals surface area contributed by atoms with Gasteiger partial charge in [-0.2, -0.15) is 5.10 Å². The van der Waals surface area contributed by atoms with Gasteiger partial charge in [-0.25, -0.2) is 22.6 Å². The van der Waals surface area contributed by atoms with Crippen LogP contribution in [-0.4, -0.2) is 20.9 Å². The van der Waals surface area contributed by atoms with Crippen LogP contribution in [0, 0.1) is 17.5 Å². The summed E-state index contributed by atoms with van der Waals surface area (Å²) in [5, 5.41) is 12.7. The van der Waals surface area contributed by atoms with E-state index in [9.17, 15) is 18.0 Å². The number of aromatic nitrogens is 2. The summed E-state index contributed by atoms with van der Waals surface area (Å²) < 4.78 is 40.3. The molecule has 0 aliphatic rings. The molecule has 19 heavy (non-hydrogen) atoms. The van der Waals surface area contributed by atoms with Crippen LogP contribution in [0.1, 0.15) is 23.0 Å². The Morgan fingerprint density at radius 2 is 1.89 bits per heavy atom. The lowest BCUT2D eigenvalue weighted by molar-refractivity contribution is 0.0695. The molecule has 0 amide bonds. The van der Waals surface area contributed by atoms with Gasteiger partial charge in [-0.15, -0.1) is 0 Å². The molecular formula is C12H9F3N2O2. The number of nitrogens with zero attached hydrogens (tertiary/aromatic N) is 2. The van der Waals surface area contributed by atoms with Crippen LogP contribution in [0.15, 0.2) is 18.3 Å². The van der Waals surface area contributed by atoms with Crippen molar-refractivity contribution in [1.29, 1.82) is 0 Å². The standard InChI is InChI=1S/C12H9F3N2O2/c1-2-10-7(12(18)19)5-16-17(10)6-3-8(13)11(15)9(14)4-6/h3-5H,2H2,1H3,(H,18,19). The Morgan fingerprint density at radius 3 is 2.37 bits per heavy atom. The van der Waals surface area contributed by atoms with Gasteiger partial charge in [-0.1, -0.05) is 6.92 Å². The minimum Gasteiger partial charge on any atom is -0.478 e. The van der Waals surface area contributed by atoms with Gasteiger partial charge in [0.1, 0.15) is 5.56 Å². The van der Waals surface area contributed by atoms with Gasteiger partial charge in [0.25, 0.3) is 0 Å². The maximum Gasteiger partial charge on any atom is 0.339 e. The second-order valence-corrected chi connectivity index (χ2v) is 3.80. The lowest BCUT2D eigenvalue weighted by Crippen LogP contribution is -2.07. The molecule has 0 saturated carbocycles. The first-order valence-corrected chi connectivity index (χ1v) is 5.40. The molecule has 0 aliphatic heterocycles. The van der Waals surface area contributed by atoms with E-state index in [0.29, 0.717) is 6.42 Å². The number of hydrogen-bond donors (Lipinski definition) is 1. The Bertz CT molecular complexity index is 629. The summed E-state index contributed by atoms with van der Waals surface area (Å²) in [7, 11) is 0. The summed E-state index contributed by atoms with van der Waals surface area (Å²) in [5.74, 6) is -5.48. The van der Waals surface area contributed by atoms with Crippen LogP contribution >= 0.6 is 0 Å². The van der Waals surface area contributed by atoms with Crippen LogP contribution in [0.2, 0.25) is 0 Å². The van der Waals surface area contributed by atoms with E-state index in [1.165, 1.54) is 0 Å². The van der Waals surface area contributed by atoms with Crippen molar-refractivity contribution in [3.63, 3.8) is 0 Å². The van der Waals surface area contributed by atoms with Gasteiger partial charge in [0.2, 0.25) is 0 Å². The molecule has 1 aromatic carbocycles. The van der Waals surface area contributed by atoms with Crippen molar-refractivity contribution >= 4 is 5.97 Å². The molecule has 0 fully saturated rings. The van der Waals surface area contributed by atoms with Crippen LogP contribution in [-0.2, 0) is 6.42 Å². The highest BCUT2D eigenvalue weighted by atomic mass is 19.2. The van der Waals surface area contributed by atoms with E-state index in [1.807, 2.05) is 0 Å². The smallest absolute Gasteiger partial charge is 0.339 e. The second kappa shape index (κ2) is 4.75. The van der Waals surface area contributed by atoms with Crippen LogP contribution in [0.4, 0.5) is 13.2 Å². The van der Waals surface area contributed by atoms with Crippen molar-refractivity contribution in [1.82, 2.24) is 9.78 Å². The maximum atomic E-state index is 13.2. The Kier molecular flexibility index (Phi) is 3.28. The SMILES string of the molecule is CCc1c(C(=O)O)cnn1-c1cc(F)c(F)c(F)c1. The number of benzene rings is 1. The highest BCUT2D eigenvalue weighted by Gasteiger charge is 2.18. The van der Waals surface area contributed by atoms with E-state index in [1.54, 1.807) is 6.92 Å². The lowest BCUT2D eigenvalue weighted by atomic mass is 10.2. The lowest BCUT2D eigenvalue weighted by Gasteiger charge is -2.07. The molecule has 2 aromatic rings. The van der Waals surface area contributed by atoms with Crippen LogP contribution in [0.5, 0.6) is 0 Å². The fourth-order valence-electron chi connectivity index (χ4n) is 1.78. The van der Waals surface area contributed by atoms with E-state index in [2.05, 4.69) is 5.10 Å². The Morgan fingerprint density at radius 1 is 1.32 bits per heavy atom. The first-order chi connectivity index (χ1) is 8.95. The monoisotopic (exact) mass is 270 g/mol. The number of carboxylic acid groups (broad SMARTS) is 1. The minimum atomic E-state index is -1.58. The molecular weight excluding hydrogens is 261 g/mol. The minimum absolute atomic E-state index is 0.0624.